The van der Waals surface area contributed by atoms with E-state index in [1.54, 1.807) is 39.4 Å². The molecule has 2 fully saturated rings. The number of hydrogen-bond donors (Lipinski definition) is 3. The van der Waals surface area contributed by atoms with Gasteiger partial charge in [0, 0.05) is 89.8 Å². The predicted molar refractivity (Wildman–Crippen MR) is 215 cm³/mol. The molecule has 2 aromatic heterocycles. The highest BCUT2D eigenvalue weighted by Gasteiger charge is 2.40. The predicted octanol–water partition coefficient (Wildman–Crippen LogP) is 3.54. The van der Waals surface area contributed by atoms with E-state index >= 15 is 0 Å². The van der Waals surface area contributed by atoms with Gasteiger partial charge in [-0.3, -0.25) is 49.1 Å². The molecule has 4 aliphatic rings. The van der Waals surface area contributed by atoms with E-state index in [2.05, 4.69) is 40.1 Å². The van der Waals surface area contributed by atoms with Crippen LogP contribution < -0.4 is 16.1 Å². The zero-order valence-corrected chi connectivity index (χ0v) is 33.7. The summed E-state index contributed by atoms with van der Waals surface area (Å²) in [6.45, 7) is 7.67. The Balaban J connectivity index is 0.855. The van der Waals surface area contributed by atoms with Gasteiger partial charge in [-0.05, 0) is 57.0 Å². The molecule has 0 saturated carbocycles. The van der Waals surface area contributed by atoms with E-state index in [1.165, 1.54) is 4.90 Å². The van der Waals surface area contributed by atoms with Crippen molar-refractivity contribution in [2.24, 2.45) is 4.99 Å². The SMILES string of the molecule is Cc1sc2c(c1C)C(c1ccc(Cl)cc1)=N[C@@H](CC(=O)NN1CCN(C(=O)CCC(=O)Nc3cccc4c3CN(C3CCC(=O)NC3=O)C4=O)CC1)c1nnc(C)n1-2. The van der Waals surface area contributed by atoms with Crippen LogP contribution in [0.25, 0.3) is 5.00 Å². The van der Waals surface area contributed by atoms with Crippen molar-refractivity contribution in [2.45, 2.75) is 71.5 Å². The minimum Gasteiger partial charge on any atom is -0.340 e. The summed E-state index contributed by atoms with van der Waals surface area (Å²) in [6, 6.07) is 11.1. The zero-order chi connectivity index (χ0) is 40.8. The number of aryl methyl sites for hydroxylation is 2. The lowest BCUT2D eigenvalue weighted by molar-refractivity contribution is -0.137. The maximum absolute atomic E-state index is 13.6. The Morgan fingerprint density at radius 2 is 1.71 bits per heavy atom. The monoisotopic (exact) mass is 824 g/mol. The van der Waals surface area contributed by atoms with E-state index in [-0.39, 0.29) is 68.2 Å². The van der Waals surface area contributed by atoms with Crippen molar-refractivity contribution in [1.82, 2.24) is 40.3 Å². The number of hydrogen-bond acceptors (Lipinski definition) is 11. The first kappa shape index (κ1) is 39.1. The lowest BCUT2D eigenvalue weighted by Gasteiger charge is -2.34. The number of imide groups is 1. The fourth-order valence-electron chi connectivity index (χ4n) is 7.89. The molecule has 2 atom stereocenters. The number of piperazine rings is 1. The van der Waals surface area contributed by atoms with E-state index in [9.17, 15) is 28.8 Å². The second-order valence-electron chi connectivity index (χ2n) is 14.8. The number of halogens is 1. The molecule has 2 saturated heterocycles. The third-order valence-electron chi connectivity index (χ3n) is 11.1. The fourth-order valence-corrected chi connectivity index (χ4v) is 9.23. The number of fused-ring (bicyclic) bond motifs is 4. The lowest BCUT2D eigenvalue weighted by Crippen LogP contribution is -2.55. The van der Waals surface area contributed by atoms with Crippen LogP contribution in [0.15, 0.2) is 47.5 Å². The molecule has 18 heteroatoms. The van der Waals surface area contributed by atoms with Crippen LogP contribution in [0.3, 0.4) is 0 Å². The smallest absolute Gasteiger partial charge is 0.255 e. The van der Waals surface area contributed by atoms with Crippen LogP contribution in [0.1, 0.15) is 87.3 Å². The number of carbonyl (C=O) groups is 6. The standard InChI is InChI=1S/C40H41ClN10O6S/c1-21-22(2)58-40-35(21)36(24-7-9-25(41)10-8-24)43-29(37-46-45-23(3)51(37)40)19-33(54)47-49-17-15-48(16-18-49)34(55)14-13-31(52)42-28-6-4-5-26-27(28)20-50(39(26)57)30-11-12-32(53)44-38(30)56/h4-10,29-30H,11-20H2,1-3H3,(H,42,52)(H,47,54)(H,44,53,56)/t29-,30?/m0/s1. The number of amides is 6. The number of rotatable bonds is 9. The molecule has 3 N–H and O–H groups in total. The summed E-state index contributed by atoms with van der Waals surface area (Å²) in [5.74, 6) is -0.754. The lowest BCUT2D eigenvalue weighted by atomic mass is 9.99. The van der Waals surface area contributed by atoms with Crippen molar-refractivity contribution >= 4 is 69.8 Å². The molecule has 4 aromatic rings. The number of anilines is 1. The number of aliphatic imine (C=N–C) groups is 1. The van der Waals surface area contributed by atoms with Crippen LogP contribution in [0.2, 0.25) is 5.02 Å². The molecule has 0 spiro atoms. The van der Waals surface area contributed by atoms with Crippen molar-refractivity contribution in [3.05, 3.63) is 91.8 Å². The van der Waals surface area contributed by atoms with E-state index in [0.29, 0.717) is 59.7 Å². The number of benzene rings is 2. The molecule has 8 rings (SSSR count). The molecule has 6 heterocycles. The van der Waals surface area contributed by atoms with Gasteiger partial charge in [0.1, 0.15) is 22.9 Å². The largest absolute Gasteiger partial charge is 0.340 e. The molecular formula is C40H41ClN10O6S. The third kappa shape index (κ3) is 7.52. The summed E-state index contributed by atoms with van der Waals surface area (Å²) < 4.78 is 2.00. The number of hydrazine groups is 1. The quantitative estimate of drug-likeness (QED) is 0.212. The summed E-state index contributed by atoms with van der Waals surface area (Å²) >= 11 is 7.87. The van der Waals surface area contributed by atoms with Gasteiger partial charge in [-0.15, -0.1) is 21.5 Å². The maximum atomic E-state index is 13.6. The van der Waals surface area contributed by atoms with Gasteiger partial charge in [-0.2, -0.15) is 0 Å². The number of aromatic nitrogens is 3. The Bertz CT molecular complexity index is 2400. The van der Waals surface area contributed by atoms with Gasteiger partial charge in [0.2, 0.25) is 29.5 Å². The Morgan fingerprint density at radius 3 is 2.45 bits per heavy atom. The van der Waals surface area contributed by atoms with Gasteiger partial charge < -0.3 is 15.1 Å². The van der Waals surface area contributed by atoms with Crippen LogP contribution in [0.4, 0.5) is 5.69 Å². The van der Waals surface area contributed by atoms with E-state index in [1.807, 2.05) is 35.8 Å². The number of thiophene rings is 1. The zero-order valence-electron chi connectivity index (χ0n) is 32.1. The number of piperidine rings is 1. The van der Waals surface area contributed by atoms with Gasteiger partial charge in [0.25, 0.3) is 5.91 Å². The van der Waals surface area contributed by atoms with Gasteiger partial charge in [0.05, 0.1) is 12.1 Å². The van der Waals surface area contributed by atoms with E-state index in [0.717, 1.165) is 32.3 Å². The molecule has 0 bridgehead atoms. The van der Waals surface area contributed by atoms with Crippen molar-refractivity contribution in [3.63, 3.8) is 0 Å². The summed E-state index contributed by atoms with van der Waals surface area (Å²) in [4.78, 5) is 86.5. The Morgan fingerprint density at radius 1 is 0.948 bits per heavy atom. The third-order valence-corrected chi connectivity index (χ3v) is 12.5. The van der Waals surface area contributed by atoms with Crippen molar-refractivity contribution < 1.29 is 28.8 Å². The Labute approximate surface area is 342 Å². The summed E-state index contributed by atoms with van der Waals surface area (Å²) in [7, 11) is 0. The van der Waals surface area contributed by atoms with Crippen LogP contribution in [0, 0.1) is 20.8 Å². The number of nitrogens with one attached hydrogen (secondary N) is 3. The molecule has 2 aromatic carbocycles. The molecule has 58 heavy (non-hydrogen) atoms. The fraction of sp³-hybridized carbons (Fsp3) is 0.375. The first-order valence-electron chi connectivity index (χ1n) is 19.1. The molecule has 0 aliphatic carbocycles. The summed E-state index contributed by atoms with van der Waals surface area (Å²) in [5, 5.41) is 17.3. The highest BCUT2D eigenvalue weighted by molar-refractivity contribution is 7.15. The normalized spacial score (nSPS) is 19.2. The average molecular weight is 825 g/mol. The van der Waals surface area contributed by atoms with Crippen LogP contribution in [-0.4, -0.2) is 103 Å². The van der Waals surface area contributed by atoms with Gasteiger partial charge in [-0.1, -0.05) is 29.8 Å². The van der Waals surface area contributed by atoms with Gasteiger partial charge in [0.15, 0.2) is 5.82 Å². The first-order valence-corrected chi connectivity index (χ1v) is 20.3. The molecule has 300 valence electrons. The van der Waals surface area contributed by atoms with Crippen LogP contribution in [0.5, 0.6) is 0 Å². The molecular weight excluding hydrogens is 784 g/mol. The topological polar surface area (TPSA) is 191 Å². The van der Waals surface area contributed by atoms with E-state index in [4.69, 9.17) is 16.6 Å². The second kappa shape index (κ2) is 15.9. The average Bonchev–Trinajstić information content (AvgIpc) is 3.81. The maximum Gasteiger partial charge on any atom is 0.255 e. The van der Waals surface area contributed by atoms with E-state index < -0.39 is 18.0 Å². The molecule has 6 amide bonds. The first-order chi connectivity index (χ1) is 27.9. The van der Waals surface area contributed by atoms with Crippen molar-refractivity contribution in [3.8, 4) is 5.00 Å². The second-order valence-corrected chi connectivity index (χ2v) is 16.4. The molecule has 0 radical (unpaired) electrons. The van der Waals surface area contributed by atoms with Gasteiger partial charge in [-0.25, -0.2) is 5.01 Å². The molecule has 1 unspecified atom stereocenters. The summed E-state index contributed by atoms with van der Waals surface area (Å²) in [5.41, 5.74) is 8.12. The van der Waals surface area contributed by atoms with Crippen molar-refractivity contribution in [2.75, 3.05) is 31.5 Å². The summed E-state index contributed by atoms with van der Waals surface area (Å²) in [6.07, 6.45) is 0.305. The Kier molecular flexibility index (Phi) is 10.7. The number of carbonyl (C=O) groups excluding carboxylic acids is 6. The van der Waals surface area contributed by atoms with Crippen LogP contribution in [-0.2, 0) is 30.5 Å². The Hall–Kier alpha value is -5.78. The number of nitrogens with zero attached hydrogens (tertiary/aromatic N) is 7. The minimum atomic E-state index is -0.770. The molecule has 4 aliphatic heterocycles. The van der Waals surface area contributed by atoms with Gasteiger partial charge >= 0.3 is 0 Å². The molecule has 16 nitrogen and oxygen atoms in total. The highest BCUT2D eigenvalue weighted by Crippen LogP contribution is 2.40. The van der Waals surface area contributed by atoms with Crippen molar-refractivity contribution in [1.29, 1.82) is 0 Å². The minimum absolute atomic E-state index is 0.0180. The highest BCUT2D eigenvalue weighted by atomic mass is 35.5. The van der Waals surface area contributed by atoms with Crippen LogP contribution >= 0.6 is 22.9 Å².